The highest BCUT2D eigenvalue weighted by Crippen LogP contribution is 2.40. The maximum Gasteiger partial charge on any atom is 0.424 e. The molecule has 0 aliphatic heterocycles. The van der Waals surface area contributed by atoms with Gasteiger partial charge >= 0.3 is 12.2 Å². The average Bonchev–Trinajstić information content (AvgIpc) is 3.32. The molecule has 0 saturated carbocycles. The lowest BCUT2D eigenvalue weighted by atomic mass is 10.2. The molecule has 0 fully saturated rings. The van der Waals surface area contributed by atoms with Crippen LogP contribution in [0.5, 0.6) is 0 Å². The maximum absolute atomic E-state index is 12.6. The van der Waals surface area contributed by atoms with Crippen molar-refractivity contribution in [1.82, 2.24) is 0 Å². The number of benzene rings is 3. The van der Waals surface area contributed by atoms with Gasteiger partial charge in [-0.3, -0.25) is 0 Å². The molecule has 0 heterocycles. The summed E-state index contributed by atoms with van der Waals surface area (Å²) in [5, 5.41) is 0. The summed E-state index contributed by atoms with van der Waals surface area (Å²) in [6.07, 6.45) is -1.52. The largest absolute Gasteiger partial charge is 0.444 e. The summed E-state index contributed by atoms with van der Waals surface area (Å²) in [5.74, 6) is 0. The smallest absolute Gasteiger partial charge is 0.424 e. The maximum atomic E-state index is 12.6. The molecule has 5 heteroatoms. The third-order valence-corrected chi connectivity index (χ3v) is 4.20. The van der Waals surface area contributed by atoms with E-state index in [2.05, 4.69) is 0 Å². The Morgan fingerprint density at radius 2 is 1.11 bits per heavy atom. The zero-order chi connectivity index (χ0) is 18.6. The molecule has 0 radical (unpaired) electrons. The van der Waals surface area contributed by atoms with Gasteiger partial charge in [-0.15, -0.1) is 0 Å². The van der Waals surface area contributed by atoms with Gasteiger partial charge < -0.3 is 9.47 Å². The van der Waals surface area contributed by atoms with Crippen LogP contribution in [0.3, 0.4) is 0 Å². The van der Waals surface area contributed by atoms with Crippen LogP contribution in [0.4, 0.5) is 15.3 Å². The van der Waals surface area contributed by atoms with Crippen molar-refractivity contribution < 1.29 is 19.1 Å². The van der Waals surface area contributed by atoms with E-state index in [1.165, 1.54) is 0 Å². The van der Waals surface area contributed by atoms with Gasteiger partial charge in [-0.2, -0.15) is 4.90 Å². The SMILES string of the molecule is O=C(OCc1ccccc1)N(C(=O)OCc1ccccc1)c1cc2cc-2c1. The number of hydrogen-bond donors (Lipinski definition) is 0. The van der Waals surface area contributed by atoms with Gasteiger partial charge in [0.15, 0.2) is 0 Å². The molecule has 0 aromatic heterocycles. The third kappa shape index (κ3) is 3.98. The number of nitrogens with zero attached hydrogens (tertiary/aromatic N) is 1. The van der Waals surface area contributed by atoms with Crippen molar-refractivity contribution >= 4 is 17.9 Å². The van der Waals surface area contributed by atoms with E-state index in [1.54, 1.807) is 12.1 Å². The number of rotatable bonds is 5. The molecule has 0 bridgehead atoms. The molecule has 0 atom stereocenters. The van der Waals surface area contributed by atoms with Gasteiger partial charge in [-0.05, 0) is 40.5 Å². The second kappa shape index (κ2) is 7.33. The Morgan fingerprint density at radius 3 is 1.56 bits per heavy atom. The minimum atomic E-state index is -0.762. The number of imide groups is 1. The van der Waals surface area contributed by atoms with Gasteiger partial charge in [0, 0.05) is 0 Å². The molecule has 2 aliphatic rings. The summed E-state index contributed by atoms with van der Waals surface area (Å²) >= 11 is 0. The van der Waals surface area contributed by atoms with Gasteiger partial charge in [0.2, 0.25) is 0 Å². The number of ether oxygens (including phenoxy) is 2. The Hall–Kier alpha value is -3.60. The van der Waals surface area contributed by atoms with E-state index in [1.807, 2.05) is 66.7 Å². The quantitative estimate of drug-likeness (QED) is 0.495. The van der Waals surface area contributed by atoms with Crippen LogP contribution in [0, 0.1) is 0 Å². The molecule has 27 heavy (non-hydrogen) atoms. The molecule has 2 amide bonds. The first-order chi connectivity index (χ1) is 13.2. The van der Waals surface area contributed by atoms with Crippen LogP contribution >= 0.6 is 0 Å². The highest BCUT2D eigenvalue weighted by atomic mass is 16.6. The zero-order valence-electron chi connectivity index (χ0n) is 14.5. The first kappa shape index (κ1) is 16.8. The van der Waals surface area contributed by atoms with Crippen molar-refractivity contribution in [2.24, 2.45) is 0 Å². The topological polar surface area (TPSA) is 55.8 Å². The lowest BCUT2D eigenvalue weighted by Gasteiger charge is -2.19. The minimum Gasteiger partial charge on any atom is -0.444 e. The van der Waals surface area contributed by atoms with Gasteiger partial charge in [0.1, 0.15) is 13.2 Å². The van der Waals surface area contributed by atoms with Crippen LogP contribution in [-0.4, -0.2) is 12.2 Å². The fraction of sp³-hybridized carbons (Fsp3) is 0.0909. The Labute approximate surface area is 156 Å². The number of hydrogen-bond acceptors (Lipinski definition) is 4. The lowest BCUT2D eigenvalue weighted by molar-refractivity contribution is 0.127. The van der Waals surface area contributed by atoms with Crippen molar-refractivity contribution in [2.75, 3.05) is 4.90 Å². The number of amides is 2. The Morgan fingerprint density at radius 1 is 0.667 bits per heavy atom. The highest BCUT2D eigenvalue weighted by Gasteiger charge is 2.30. The predicted molar refractivity (Wildman–Crippen MR) is 101 cm³/mol. The summed E-state index contributed by atoms with van der Waals surface area (Å²) < 4.78 is 10.6. The van der Waals surface area contributed by atoms with Crippen molar-refractivity contribution in [3.05, 3.63) is 90.0 Å². The van der Waals surface area contributed by atoms with E-state index in [0.717, 1.165) is 27.2 Å². The highest BCUT2D eigenvalue weighted by molar-refractivity contribution is 6.11. The molecule has 2 aliphatic carbocycles. The summed E-state index contributed by atoms with van der Waals surface area (Å²) in [6, 6.07) is 24.1. The number of anilines is 1. The second-order valence-corrected chi connectivity index (χ2v) is 6.18. The zero-order valence-corrected chi connectivity index (χ0v) is 14.5. The second-order valence-electron chi connectivity index (χ2n) is 6.18. The summed E-state index contributed by atoms with van der Waals surface area (Å²) in [7, 11) is 0. The van der Waals surface area contributed by atoms with E-state index in [9.17, 15) is 9.59 Å². The first-order valence-corrected chi connectivity index (χ1v) is 8.58. The molecule has 0 unspecified atom stereocenters. The first-order valence-electron chi connectivity index (χ1n) is 8.58. The van der Waals surface area contributed by atoms with Gasteiger partial charge in [0.25, 0.3) is 0 Å². The third-order valence-electron chi connectivity index (χ3n) is 4.20. The van der Waals surface area contributed by atoms with Gasteiger partial charge in [0.05, 0.1) is 5.69 Å². The van der Waals surface area contributed by atoms with Crippen LogP contribution in [0.1, 0.15) is 11.1 Å². The van der Waals surface area contributed by atoms with E-state index in [4.69, 9.17) is 9.47 Å². The Kier molecular flexibility index (Phi) is 4.58. The van der Waals surface area contributed by atoms with Crippen LogP contribution in [0.25, 0.3) is 11.1 Å². The summed E-state index contributed by atoms with van der Waals surface area (Å²) in [5.41, 5.74) is 4.17. The normalized spacial score (nSPS) is 10.8. The summed E-state index contributed by atoms with van der Waals surface area (Å²) in [6.45, 7) is 0.156. The van der Waals surface area contributed by atoms with Crippen LogP contribution in [-0.2, 0) is 22.7 Å². The minimum absolute atomic E-state index is 0.0781. The van der Waals surface area contributed by atoms with Crippen molar-refractivity contribution in [3.63, 3.8) is 0 Å². The molecular formula is C22H17NO4. The molecule has 0 saturated heterocycles. The molecule has 2 aromatic carbocycles. The fourth-order valence-electron chi connectivity index (χ4n) is 2.72. The van der Waals surface area contributed by atoms with Gasteiger partial charge in [-0.25, -0.2) is 9.59 Å². The van der Waals surface area contributed by atoms with E-state index >= 15 is 0 Å². The monoisotopic (exact) mass is 359 g/mol. The molecule has 134 valence electrons. The van der Waals surface area contributed by atoms with Crippen molar-refractivity contribution in [3.8, 4) is 11.1 Å². The van der Waals surface area contributed by atoms with Crippen LogP contribution in [0.15, 0.2) is 78.9 Å². The predicted octanol–water partition coefficient (Wildman–Crippen LogP) is 5.15. The fourth-order valence-corrected chi connectivity index (χ4v) is 2.72. The van der Waals surface area contributed by atoms with Crippen molar-refractivity contribution in [2.45, 2.75) is 13.2 Å². The molecule has 4 rings (SSSR count). The van der Waals surface area contributed by atoms with E-state index in [-0.39, 0.29) is 13.2 Å². The molecule has 2 aromatic rings. The molecule has 5 nitrogen and oxygen atoms in total. The van der Waals surface area contributed by atoms with Crippen LogP contribution in [0.2, 0.25) is 0 Å². The van der Waals surface area contributed by atoms with Gasteiger partial charge in [-0.1, -0.05) is 60.7 Å². The summed E-state index contributed by atoms with van der Waals surface area (Å²) in [4.78, 5) is 26.1. The van der Waals surface area contributed by atoms with Crippen LogP contribution < -0.4 is 4.90 Å². The number of carbonyl (C=O) groups is 2. The Bertz CT molecular complexity index is 894. The lowest BCUT2D eigenvalue weighted by Crippen LogP contribution is -2.37. The van der Waals surface area contributed by atoms with E-state index in [0.29, 0.717) is 5.69 Å². The number of fused-ring (bicyclic) bond motifs is 1. The van der Waals surface area contributed by atoms with Crippen molar-refractivity contribution in [1.29, 1.82) is 0 Å². The molecular weight excluding hydrogens is 342 g/mol. The molecule has 0 N–H and O–H groups in total. The molecule has 0 spiro atoms. The number of carbonyl (C=O) groups excluding carboxylic acids is 2. The van der Waals surface area contributed by atoms with E-state index < -0.39 is 12.2 Å². The Balaban J connectivity index is 1.45. The standard InChI is InChI=1S/C22H17NO4/c24-21(26-14-16-7-3-1-4-8-16)23(20-12-18-11-19(18)13-20)22(25)27-15-17-9-5-2-6-10-17/h1-13H,14-15H2. The average molecular weight is 359 g/mol.